The normalized spacial score (nSPS) is 17.9. The average molecular weight is 356 g/mol. The Labute approximate surface area is 153 Å². The zero-order valence-electron chi connectivity index (χ0n) is 14.7. The minimum absolute atomic E-state index is 0.00290. The average Bonchev–Trinajstić information content (AvgIpc) is 3.30. The van der Waals surface area contributed by atoms with Gasteiger partial charge in [0.1, 0.15) is 5.75 Å². The molecule has 0 bridgehead atoms. The number of para-hydroxylation sites is 1. The summed E-state index contributed by atoms with van der Waals surface area (Å²) >= 11 is 1.60. The smallest absolute Gasteiger partial charge is 0.261 e. The number of methoxy groups -OCH3 is 1. The molecule has 1 amide bonds. The molecule has 2 heterocycles. The van der Waals surface area contributed by atoms with Gasteiger partial charge in [-0.1, -0.05) is 30.4 Å². The van der Waals surface area contributed by atoms with E-state index in [0.717, 1.165) is 35.7 Å². The number of nitrogens with zero attached hydrogens (tertiary/aromatic N) is 1. The lowest BCUT2D eigenvalue weighted by molar-refractivity contribution is 0.0967. The second-order valence-electron chi connectivity index (χ2n) is 6.08. The van der Waals surface area contributed by atoms with Gasteiger partial charge < -0.3 is 10.1 Å². The molecule has 0 radical (unpaired) electrons. The number of likely N-dealkylation sites (tertiary alicyclic amines) is 1. The summed E-state index contributed by atoms with van der Waals surface area (Å²) in [7, 11) is 3.37. The summed E-state index contributed by atoms with van der Waals surface area (Å²) in [6, 6.07) is 12.5. The molecule has 0 aliphatic carbocycles. The van der Waals surface area contributed by atoms with Gasteiger partial charge in [-0.2, -0.15) is 0 Å². The first-order valence-corrected chi connectivity index (χ1v) is 9.40. The van der Waals surface area contributed by atoms with Crippen LogP contribution in [-0.2, 0) is 0 Å². The minimum atomic E-state index is -0.00290. The molecule has 1 aromatic heterocycles. The van der Waals surface area contributed by atoms with Gasteiger partial charge in [0.05, 0.1) is 12.0 Å². The third-order valence-corrected chi connectivity index (χ3v) is 5.73. The number of amides is 1. The highest BCUT2D eigenvalue weighted by molar-refractivity contribution is 7.14. The summed E-state index contributed by atoms with van der Waals surface area (Å²) in [6.45, 7) is 1.99. The van der Waals surface area contributed by atoms with Crippen LogP contribution in [0.3, 0.4) is 0 Å². The Morgan fingerprint density at radius 1 is 1.36 bits per heavy atom. The summed E-state index contributed by atoms with van der Waals surface area (Å²) in [6.07, 6.45) is 6.67. The van der Waals surface area contributed by atoms with Gasteiger partial charge in [-0.05, 0) is 37.6 Å². The summed E-state index contributed by atoms with van der Waals surface area (Å²) < 4.78 is 5.39. The van der Waals surface area contributed by atoms with E-state index in [1.807, 2.05) is 24.3 Å². The van der Waals surface area contributed by atoms with Crippen LogP contribution in [0, 0.1) is 0 Å². The number of carbonyl (C=O) groups excluding carboxylic acids is 1. The number of carbonyl (C=O) groups is 1. The Kier molecular flexibility index (Phi) is 5.89. The van der Waals surface area contributed by atoms with E-state index in [1.165, 1.54) is 11.3 Å². The molecule has 1 fully saturated rings. The predicted octanol–water partition coefficient (Wildman–Crippen LogP) is 3.97. The van der Waals surface area contributed by atoms with Crippen molar-refractivity contribution in [2.75, 3.05) is 27.2 Å². The van der Waals surface area contributed by atoms with Gasteiger partial charge in [0.15, 0.2) is 0 Å². The summed E-state index contributed by atoms with van der Waals surface area (Å²) in [4.78, 5) is 16.3. The number of rotatable bonds is 6. The van der Waals surface area contributed by atoms with Crippen molar-refractivity contribution >= 4 is 23.3 Å². The maximum Gasteiger partial charge on any atom is 0.261 e. The highest BCUT2D eigenvalue weighted by Gasteiger charge is 2.26. The van der Waals surface area contributed by atoms with Crippen molar-refractivity contribution in [3.63, 3.8) is 0 Å². The zero-order chi connectivity index (χ0) is 17.6. The molecule has 3 rings (SSSR count). The monoisotopic (exact) mass is 356 g/mol. The lowest BCUT2D eigenvalue weighted by Gasteiger charge is -2.21. The Balaban J connectivity index is 1.67. The molecular formula is C20H24N2O2S. The lowest BCUT2D eigenvalue weighted by atomic mass is 10.1. The molecule has 25 heavy (non-hydrogen) atoms. The summed E-state index contributed by atoms with van der Waals surface area (Å²) in [5.74, 6) is 0.891. The van der Waals surface area contributed by atoms with Gasteiger partial charge in [-0.25, -0.2) is 0 Å². The third-order valence-electron chi connectivity index (χ3n) is 4.55. The van der Waals surface area contributed by atoms with Crippen molar-refractivity contribution < 1.29 is 9.53 Å². The van der Waals surface area contributed by atoms with Crippen molar-refractivity contribution in [2.45, 2.75) is 18.9 Å². The molecule has 1 atom stereocenters. The third kappa shape index (κ3) is 4.11. The van der Waals surface area contributed by atoms with Crippen LogP contribution < -0.4 is 10.1 Å². The zero-order valence-corrected chi connectivity index (χ0v) is 15.5. The van der Waals surface area contributed by atoms with Gasteiger partial charge in [-0.15, -0.1) is 11.3 Å². The van der Waals surface area contributed by atoms with E-state index in [-0.39, 0.29) is 5.91 Å². The molecule has 132 valence electrons. The Morgan fingerprint density at radius 2 is 2.20 bits per heavy atom. The van der Waals surface area contributed by atoms with Gasteiger partial charge in [0.25, 0.3) is 5.91 Å². The van der Waals surface area contributed by atoms with Gasteiger partial charge in [0, 0.05) is 30.1 Å². The van der Waals surface area contributed by atoms with E-state index in [4.69, 9.17) is 4.74 Å². The quantitative estimate of drug-likeness (QED) is 0.852. The summed E-state index contributed by atoms with van der Waals surface area (Å²) in [5.41, 5.74) is 1.10. The standard InChI is InChI=1S/C20H24N2O2S/c1-21-20(23)19-12-11-18(25-19)16-9-6-14-22(16)13-5-8-15-7-3-4-10-17(15)24-2/h3-5,7-8,10-12,16H,6,9,13-14H2,1-2H3,(H,21,23)/b8-5+. The maximum atomic E-state index is 11.8. The second-order valence-corrected chi connectivity index (χ2v) is 7.19. The molecule has 1 unspecified atom stereocenters. The molecule has 4 nitrogen and oxygen atoms in total. The molecule has 5 heteroatoms. The molecule has 1 saturated heterocycles. The van der Waals surface area contributed by atoms with Crippen LogP contribution >= 0.6 is 11.3 Å². The number of thiophene rings is 1. The fourth-order valence-electron chi connectivity index (χ4n) is 3.26. The molecular weight excluding hydrogens is 332 g/mol. The highest BCUT2D eigenvalue weighted by atomic mass is 32.1. The van der Waals surface area contributed by atoms with E-state index in [1.54, 1.807) is 25.5 Å². The van der Waals surface area contributed by atoms with Crippen LogP contribution in [0.2, 0.25) is 0 Å². The first-order valence-electron chi connectivity index (χ1n) is 8.58. The van der Waals surface area contributed by atoms with Gasteiger partial charge >= 0.3 is 0 Å². The number of hydrogen-bond donors (Lipinski definition) is 1. The Bertz CT molecular complexity index is 754. The molecule has 1 aromatic carbocycles. The van der Waals surface area contributed by atoms with E-state index in [2.05, 4.69) is 34.5 Å². The van der Waals surface area contributed by atoms with Crippen LogP contribution in [0.4, 0.5) is 0 Å². The topological polar surface area (TPSA) is 41.6 Å². The number of benzene rings is 1. The number of hydrogen-bond acceptors (Lipinski definition) is 4. The molecule has 2 aromatic rings. The van der Waals surface area contributed by atoms with E-state index in [9.17, 15) is 4.79 Å². The summed E-state index contributed by atoms with van der Waals surface area (Å²) in [5, 5.41) is 2.69. The van der Waals surface area contributed by atoms with E-state index < -0.39 is 0 Å². The van der Waals surface area contributed by atoms with E-state index >= 15 is 0 Å². The van der Waals surface area contributed by atoms with Gasteiger partial charge in [0.2, 0.25) is 0 Å². The van der Waals surface area contributed by atoms with Crippen LogP contribution in [-0.4, -0.2) is 38.1 Å². The van der Waals surface area contributed by atoms with Gasteiger partial charge in [-0.3, -0.25) is 9.69 Å². The second kappa shape index (κ2) is 8.32. The van der Waals surface area contributed by atoms with Crippen molar-refractivity contribution in [1.82, 2.24) is 10.2 Å². The largest absolute Gasteiger partial charge is 0.496 e. The minimum Gasteiger partial charge on any atom is -0.496 e. The van der Waals surface area contributed by atoms with Crippen LogP contribution in [0.5, 0.6) is 5.75 Å². The Morgan fingerprint density at radius 3 is 3.00 bits per heavy atom. The van der Waals surface area contributed by atoms with Crippen molar-refractivity contribution in [1.29, 1.82) is 0 Å². The highest BCUT2D eigenvalue weighted by Crippen LogP contribution is 2.35. The van der Waals surface area contributed by atoms with Crippen LogP contribution in [0.15, 0.2) is 42.5 Å². The first kappa shape index (κ1) is 17.7. The SMILES string of the molecule is CNC(=O)c1ccc(C2CCCN2C/C=C/c2ccccc2OC)s1. The van der Waals surface area contributed by atoms with Crippen molar-refractivity contribution in [3.05, 3.63) is 57.8 Å². The first-order chi connectivity index (χ1) is 12.2. The fraction of sp³-hybridized carbons (Fsp3) is 0.350. The fourth-order valence-corrected chi connectivity index (χ4v) is 4.39. The maximum absolute atomic E-state index is 11.8. The van der Waals surface area contributed by atoms with Crippen molar-refractivity contribution in [3.8, 4) is 5.75 Å². The number of ether oxygens (including phenoxy) is 1. The van der Waals surface area contributed by atoms with E-state index in [0.29, 0.717) is 6.04 Å². The molecule has 1 N–H and O–H groups in total. The van der Waals surface area contributed by atoms with Crippen molar-refractivity contribution in [2.24, 2.45) is 0 Å². The van der Waals surface area contributed by atoms with Crippen LogP contribution in [0.1, 0.15) is 39.0 Å². The lowest BCUT2D eigenvalue weighted by Crippen LogP contribution is -2.22. The molecule has 0 spiro atoms. The Hall–Kier alpha value is -2.11. The molecule has 1 aliphatic heterocycles. The molecule has 1 aliphatic rings. The number of nitrogens with one attached hydrogen (secondary N) is 1. The molecule has 0 saturated carbocycles. The predicted molar refractivity (Wildman–Crippen MR) is 103 cm³/mol. The van der Waals surface area contributed by atoms with Crippen LogP contribution in [0.25, 0.3) is 6.08 Å².